The highest BCUT2D eigenvalue weighted by Gasteiger charge is 2.31. The molecule has 1 atom stereocenters. The molecule has 1 aliphatic heterocycles. The van der Waals surface area contributed by atoms with Gasteiger partial charge in [0, 0.05) is 32.7 Å². The zero-order valence-electron chi connectivity index (χ0n) is 18.0. The second kappa shape index (κ2) is 10.5. The maximum Gasteiger partial charge on any atom is 0.257 e. The molecule has 166 valence electrons. The number of nitrogens with zero attached hydrogens (tertiary/aromatic N) is 2. The van der Waals surface area contributed by atoms with Gasteiger partial charge < -0.3 is 10.2 Å². The third kappa shape index (κ3) is 5.88. The van der Waals surface area contributed by atoms with Crippen molar-refractivity contribution in [1.29, 1.82) is 0 Å². The summed E-state index contributed by atoms with van der Waals surface area (Å²) in [7, 11) is 0. The first-order valence-corrected chi connectivity index (χ1v) is 10.7. The van der Waals surface area contributed by atoms with Crippen LogP contribution in [-0.2, 0) is 11.3 Å². The molecule has 0 aromatic heterocycles. The van der Waals surface area contributed by atoms with Crippen LogP contribution in [0.5, 0.6) is 0 Å². The lowest BCUT2D eigenvalue weighted by atomic mass is 10.0. The standard InChI is InChI=1S/C24H29F2N3O2/c1-17(2)22(27-23(30)21-19(25)10-6-11-20(21)26)24(31)29-13-7-12-28(14-15-29)16-18-8-4-3-5-9-18/h3-6,8-11,17,22H,7,12-16H2,1-2H3,(H,27,30)/t22-/m0/s1. The highest BCUT2D eigenvalue weighted by molar-refractivity contribution is 5.98. The first kappa shape index (κ1) is 22.9. The van der Waals surface area contributed by atoms with Gasteiger partial charge in [-0.2, -0.15) is 0 Å². The molecule has 0 unspecified atom stereocenters. The fourth-order valence-corrected chi connectivity index (χ4v) is 3.83. The number of amides is 2. The van der Waals surface area contributed by atoms with Crippen molar-refractivity contribution < 1.29 is 18.4 Å². The second-order valence-electron chi connectivity index (χ2n) is 8.23. The van der Waals surface area contributed by atoms with E-state index in [2.05, 4.69) is 22.3 Å². The van der Waals surface area contributed by atoms with E-state index in [-0.39, 0.29) is 11.8 Å². The van der Waals surface area contributed by atoms with Crippen molar-refractivity contribution in [1.82, 2.24) is 15.1 Å². The Labute approximate surface area is 182 Å². The van der Waals surface area contributed by atoms with Crippen LogP contribution in [0.25, 0.3) is 0 Å². The predicted molar refractivity (Wildman–Crippen MR) is 115 cm³/mol. The van der Waals surface area contributed by atoms with E-state index in [1.165, 1.54) is 11.6 Å². The van der Waals surface area contributed by atoms with E-state index in [1.807, 2.05) is 18.2 Å². The molecule has 0 bridgehead atoms. The average Bonchev–Trinajstić information content (AvgIpc) is 2.97. The van der Waals surface area contributed by atoms with Gasteiger partial charge in [-0.1, -0.05) is 50.2 Å². The number of carbonyl (C=O) groups excluding carboxylic acids is 2. The summed E-state index contributed by atoms with van der Waals surface area (Å²) in [5.74, 6) is -3.25. The highest BCUT2D eigenvalue weighted by Crippen LogP contribution is 2.16. The Morgan fingerprint density at radius 1 is 0.935 bits per heavy atom. The highest BCUT2D eigenvalue weighted by atomic mass is 19.1. The fraction of sp³-hybridized carbons (Fsp3) is 0.417. The van der Waals surface area contributed by atoms with Crippen molar-refractivity contribution in [3.63, 3.8) is 0 Å². The monoisotopic (exact) mass is 429 g/mol. The van der Waals surface area contributed by atoms with Crippen LogP contribution in [0, 0.1) is 17.6 Å². The molecule has 3 rings (SSSR count). The molecule has 1 heterocycles. The summed E-state index contributed by atoms with van der Waals surface area (Å²) in [5.41, 5.74) is 0.562. The first-order valence-electron chi connectivity index (χ1n) is 10.7. The van der Waals surface area contributed by atoms with Crippen LogP contribution in [0.4, 0.5) is 8.78 Å². The van der Waals surface area contributed by atoms with Crippen LogP contribution in [0.1, 0.15) is 36.2 Å². The van der Waals surface area contributed by atoms with Crippen LogP contribution < -0.4 is 5.32 Å². The molecule has 0 aliphatic carbocycles. The third-order valence-electron chi connectivity index (χ3n) is 5.56. The fourth-order valence-electron chi connectivity index (χ4n) is 3.83. The Balaban J connectivity index is 1.65. The van der Waals surface area contributed by atoms with Crippen LogP contribution in [0.15, 0.2) is 48.5 Å². The minimum atomic E-state index is -0.946. The van der Waals surface area contributed by atoms with Gasteiger partial charge >= 0.3 is 0 Å². The zero-order chi connectivity index (χ0) is 22.4. The molecule has 5 nitrogen and oxygen atoms in total. The molecular weight excluding hydrogens is 400 g/mol. The van der Waals surface area contributed by atoms with Gasteiger partial charge in [-0.15, -0.1) is 0 Å². The molecule has 7 heteroatoms. The quantitative estimate of drug-likeness (QED) is 0.765. The van der Waals surface area contributed by atoms with E-state index in [1.54, 1.807) is 18.7 Å². The Morgan fingerprint density at radius 2 is 1.61 bits per heavy atom. The zero-order valence-corrected chi connectivity index (χ0v) is 18.0. The molecule has 1 fully saturated rings. The summed E-state index contributed by atoms with van der Waals surface area (Å²) < 4.78 is 28.0. The largest absolute Gasteiger partial charge is 0.340 e. The van der Waals surface area contributed by atoms with Crippen molar-refractivity contribution in [3.05, 3.63) is 71.3 Å². The Morgan fingerprint density at radius 3 is 2.26 bits per heavy atom. The van der Waals surface area contributed by atoms with Crippen molar-refractivity contribution in [3.8, 4) is 0 Å². The number of carbonyl (C=O) groups is 2. The van der Waals surface area contributed by atoms with E-state index in [0.717, 1.165) is 38.2 Å². The van der Waals surface area contributed by atoms with Crippen molar-refractivity contribution >= 4 is 11.8 Å². The van der Waals surface area contributed by atoms with Gasteiger partial charge in [0.2, 0.25) is 5.91 Å². The van der Waals surface area contributed by atoms with Gasteiger partial charge in [-0.05, 0) is 30.0 Å². The van der Waals surface area contributed by atoms with Gasteiger partial charge in [0.25, 0.3) is 5.91 Å². The molecule has 2 amide bonds. The summed E-state index contributed by atoms with van der Waals surface area (Å²) in [4.78, 5) is 29.8. The van der Waals surface area contributed by atoms with Gasteiger partial charge in [0.15, 0.2) is 0 Å². The van der Waals surface area contributed by atoms with Crippen LogP contribution in [0.2, 0.25) is 0 Å². The van der Waals surface area contributed by atoms with Crippen LogP contribution in [-0.4, -0.2) is 53.8 Å². The van der Waals surface area contributed by atoms with Crippen LogP contribution >= 0.6 is 0 Å². The number of benzene rings is 2. The van der Waals surface area contributed by atoms with E-state index in [9.17, 15) is 18.4 Å². The molecule has 1 aliphatic rings. The molecule has 0 spiro atoms. The van der Waals surface area contributed by atoms with E-state index >= 15 is 0 Å². The lowest BCUT2D eigenvalue weighted by Crippen LogP contribution is -2.52. The van der Waals surface area contributed by atoms with Gasteiger partial charge in [0.1, 0.15) is 23.2 Å². The second-order valence-corrected chi connectivity index (χ2v) is 8.23. The summed E-state index contributed by atoms with van der Waals surface area (Å²) in [6.45, 7) is 7.15. The molecule has 31 heavy (non-hydrogen) atoms. The number of hydrogen-bond acceptors (Lipinski definition) is 3. The molecule has 1 saturated heterocycles. The SMILES string of the molecule is CC(C)[C@H](NC(=O)c1c(F)cccc1F)C(=O)N1CCCN(Cc2ccccc2)CC1. The minimum Gasteiger partial charge on any atom is -0.340 e. The lowest BCUT2D eigenvalue weighted by Gasteiger charge is -2.29. The predicted octanol–water partition coefficient (Wildman–Crippen LogP) is 3.45. The number of hydrogen-bond donors (Lipinski definition) is 1. The average molecular weight is 430 g/mol. The topological polar surface area (TPSA) is 52.7 Å². The van der Waals surface area contributed by atoms with Crippen molar-refractivity contribution in [2.75, 3.05) is 26.2 Å². The van der Waals surface area contributed by atoms with Gasteiger partial charge in [0.05, 0.1) is 0 Å². The van der Waals surface area contributed by atoms with Crippen molar-refractivity contribution in [2.45, 2.75) is 32.9 Å². The molecule has 2 aromatic rings. The normalized spacial score (nSPS) is 16.1. The summed E-state index contributed by atoms with van der Waals surface area (Å²) in [6.07, 6.45) is 0.819. The minimum absolute atomic E-state index is 0.221. The van der Waals surface area contributed by atoms with E-state index in [4.69, 9.17) is 0 Å². The lowest BCUT2D eigenvalue weighted by molar-refractivity contribution is -0.134. The molecule has 1 N–H and O–H groups in total. The number of nitrogens with one attached hydrogen (secondary N) is 1. The Hall–Kier alpha value is -2.80. The summed E-state index contributed by atoms with van der Waals surface area (Å²) in [6, 6.07) is 12.6. The van der Waals surface area contributed by atoms with E-state index in [0.29, 0.717) is 13.1 Å². The summed E-state index contributed by atoms with van der Waals surface area (Å²) in [5, 5.41) is 2.56. The van der Waals surface area contributed by atoms with Crippen molar-refractivity contribution in [2.24, 2.45) is 5.92 Å². The van der Waals surface area contributed by atoms with E-state index < -0.39 is 29.1 Å². The number of halogens is 2. The van der Waals surface area contributed by atoms with Crippen LogP contribution in [0.3, 0.4) is 0 Å². The maximum atomic E-state index is 14.0. The number of rotatable bonds is 6. The Bertz CT molecular complexity index is 885. The Kier molecular flexibility index (Phi) is 7.74. The third-order valence-corrected chi connectivity index (χ3v) is 5.56. The maximum absolute atomic E-state index is 14.0. The molecular formula is C24H29F2N3O2. The summed E-state index contributed by atoms with van der Waals surface area (Å²) >= 11 is 0. The molecule has 2 aromatic carbocycles. The molecule has 0 radical (unpaired) electrons. The first-order chi connectivity index (χ1) is 14.9. The molecule has 0 saturated carbocycles. The van der Waals surface area contributed by atoms with Gasteiger partial charge in [-0.25, -0.2) is 8.78 Å². The van der Waals surface area contributed by atoms with Gasteiger partial charge in [-0.3, -0.25) is 14.5 Å². The smallest absolute Gasteiger partial charge is 0.257 e.